The van der Waals surface area contributed by atoms with Gasteiger partial charge in [-0.25, -0.2) is 4.79 Å². The highest BCUT2D eigenvalue weighted by atomic mass is 16.5. The number of imide groups is 1. The third-order valence-corrected chi connectivity index (χ3v) is 3.98. The average Bonchev–Trinajstić information content (AvgIpc) is 2.79. The Morgan fingerprint density at radius 1 is 1.33 bits per heavy atom. The van der Waals surface area contributed by atoms with Gasteiger partial charge in [0.25, 0.3) is 5.91 Å². The zero-order chi connectivity index (χ0) is 17.6. The lowest BCUT2D eigenvalue weighted by atomic mass is 9.89. The number of amides is 3. The van der Waals surface area contributed by atoms with Gasteiger partial charge in [0.2, 0.25) is 0 Å². The quantitative estimate of drug-likeness (QED) is 0.451. The molecule has 1 aromatic rings. The third-order valence-electron chi connectivity index (χ3n) is 3.98. The molecular weight excluding hydrogens is 308 g/mol. The van der Waals surface area contributed by atoms with E-state index in [-0.39, 0.29) is 44.3 Å². The topological polar surface area (TPSA) is 75.7 Å². The lowest BCUT2D eigenvalue weighted by Gasteiger charge is -2.25. The number of carbonyl (C=O) groups is 3. The number of rotatable bonds is 8. The van der Waals surface area contributed by atoms with E-state index >= 15 is 0 Å². The second-order valence-electron chi connectivity index (χ2n) is 5.69. The summed E-state index contributed by atoms with van der Waals surface area (Å²) in [5, 5.41) is 2.74. The van der Waals surface area contributed by atoms with Gasteiger partial charge in [-0.2, -0.15) is 0 Å². The monoisotopic (exact) mass is 330 g/mol. The molecule has 6 nitrogen and oxygen atoms in total. The van der Waals surface area contributed by atoms with Gasteiger partial charge in [0.05, 0.1) is 13.2 Å². The van der Waals surface area contributed by atoms with Crippen LogP contribution in [-0.4, -0.2) is 35.0 Å². The maximum Gasteiger partial charge on any atom is 0.325 e. The van der Waals surface area contributed by atoms with E-state index in [1.807, 2.05) is 30.3 Å². The van der Waals surface area contributed by atoms with Crippen molar-refractivity contribution in [3.05, 3.63) is 48.6 Å². The van der Waals surface area contributed by atoms with Crippen molar-refractivity contribution in [1.29, 1.82) is 0 Å². The molecule has 1 saturated heterocycles. The summed E-state index contributed by atoms with van der Waals surface area (Å²) in [4.78, 5) is 37.9. The number of hydrogen-bond acceptors (Lipinski definition) is 4. The SMILES string of the molecule is C=CCC1(CCC(=O)OCC)NC(=O)N(Cc2ccccc2)C1=O. The molecule has 0 radical (unpaired) electrons. The van der Waals surface area contributed by atoms with Crippen molar-refractivity contribution >= 4 is 17.9 Å². The molecule has 1 unspecified atom stereocenters. The molecule has 1 aliphatic rings. The smallest absolute Gasteiger partial charge is 0.325 e. The number of urea groups is 1. The fourth-order valence-electron chi connectivity index (χ4n) is 2.79. The summed E-state index contributed by atoms with van der Waals surface area (Å²) < 4.78 is 4.91. The highest BCUT2D eigenvalue weighted by molar-refractivity contribution is 6.07. The van der Waals surface area contributed by atoms with Crippen LogP contribution < -0.4 is 5.32 Å². The Balaban J connectivity index is 2.14. The summed E-state index contributed by atoms with van der Waals surface area (Å²) in [6, 6.07) is 8.84. The Kier molecular flexibility index (Phi) is 5.73. The van der Waals surface area contributed by atoms with Gasteiger partial charge < -0.3 is 10.1 Å². The summed E-state index contributed by atoms with van der Waals surface area (Å²) in [5.41, 5.74) is -0.263. The fourth-order valence-corrected chi connectivity index (χ4v) is 2.79. The number of nitrogens with zero attached hydrogens (tertiary/aromatic N) is 1. The van der Waals surface area contributed by atoms with E-state index in [9.17, 15) is 14.4 Å². The third kappa shape index (κ3) is 3.82. The van der Waals surface area contributed by atoms with Crippen LogP contribution in [0.4, 0.5) is 4.79 Å². The van der Waals surface area contributed by atoms with Crippen molar-refractivity contribution in [1.82, 2.24) is 10.2 Å². The molecule has 1 N–H and O–H groups in total. The molecule has 1 atom stereocenters. The van der Waals surface area contributed by atoms with Crippen molar-refractivity contribution in [3.8, 4) is 0 Å². The van der Waals surface area contributed by atoms with E-state index in [1.54, 1.807) is 13.0 Å². The Morgan fingerprint density at radius 2 is 2.04 bits per heavy atom. The second kappa shape index (κ2) is 7.77. The molecule has 1 aromatic carbocycles. The molecule has 128 valence electrons. The molecule has 1 fully saturated rings. The standard InChI is InChI=1S/C18H22N2O4/c1-3-11-18(12-10-15(21)24-4-2)16(22)20(17(23)19-18)13-14-8-6-5-7-9-14/h3,5-9H,1,4,10-13H2,2H3,(H,19,23). The molecular formula is C18H22N2O4. The number of hydrogen-bond donors (Lipinski definition) is 1. The maximum atomic E-state index is 12.8. The molecule has 3 amide bonds. The normalized spacial score (nSPS) is 20.0. The second-order valence-corrected chi connectivity index (χ2v) is 5.69. The average molecular weight is 330 g/mol. The van der Waals surface area contributed by atoms with E-state index in [1.165, 1.54) is 4.90 Å². The molecule has 0 saturated carbocycles. The van der Waals surface area contributed by atoms with Gasteiger partial charge in [-0.3, -0.25) is 14.5 Å². The molecule has 2 rings (SSSR count). The van der Waals surface area contributed by atoms with Gasteiger partial charge in [0, 0.05) is 6.42 Å². The van der Waals surface area contributed by atoms with Gasteiger partial charge in [-0.1, -0.05) is 36.4 Å². The number of esters is 1. The molecule has 24 heavy (non-hydrogen) atoms. The van der Waals surface area contributed by atoms with E-state index in [0.29, 0.717) is 0 Å². The summed E-state index contributed by atoms with van der Waals surface area (Å²) in [7, 11) is 0. The van der Waals surface area contributed by atoms with Crippen molar-refractivity contribution in [3.63, 3.8) is 0 Å². The van der Waals surface area contributed by atoms with Gasteiger partial charge in [0.1, 0.15) is 5.54 Å². The van der Waals surface area contributed by atoms with Crippen molar-refractivity contribution < 1.29 is 19.1 Å². The molecule has 1 aliphatic heterocycles. The van der Waals surface area contributed by atoms with E-state index in [2.05, 4.69) is 11.9 Å². The Hall–Kier alpha value is -2.63. The van der Waals surface area contributed by atoms with Crippen LogP contribution in [0.2, 0.25) is 0 Å². The summed E-state index contributed by atoms with van der Waals surface area (Å²) in [6.45, 7) is 5.87. The van der Waals surface area contributed by atoms with Crippen molar-refractivity contribution in [2.45, 2.75) is 38.3 Å². The lowest BCUT2D eigenvalue weighted by molar-refractivity contribution is -0.143. The zero-order valence-corrected chi connectivity index (χ0v) is 13.8. The highest BCUT2D eigenvalue weighted by Gasteiger charge is 2.50. The molecule has 1 heterocycles. The summed E-state index contributed by atoms with van der Waals surface area (Å²) >= 11 is 0. The Morgan fingerprint density at radius 3 is 2.67 bits per heavy atom. The molecule has 0 aliphatic carbocycles. The largest absolute Gasteiger partial charge is 0.466 e. The zero-order valence-electron chi connectivity index (χ0n) is 13.8. The Labute approximate surface area is 141 Å². The minimum Gasteiger partial charge on any atom is -0.466 e. The van der Waals surface area contributed by atoms with Crippen LogP contribution in [-0.2, 0) is 20.9 Å². The van der Waals surface area contributed by atoms with Crippen LogP contribution in [0.25, 0.3) is 0 Å². The van der Waals surface area contributed by atoms with Gasteiger partial charge in [0.15, 0.2) is 0 Å². The van der Waals surface area contributed by atoms with Crippen LogP contribution in [0.1, 0.15) is 31.7 Å². The lowest BCUT2D eigenvalue weighted by Crippen LogP contribution is -2.47. The van der Waals surface area contributed by atoms with Crippen LogP contribution in [0, 0.1) is 0 Å². The molecule has 0 spiro atoms. The number of benzene rings is 1. The minimum absolute atomic E-state index is 0.0624. The van der Waals surface area contributed by atoms with Gasteiger partial charge in [-0.15, -0.1) is 6.58 Å². The van der Waals surface area contributed by atoms with Crippen molar-refractivity contribution in [2.24, 2.45) is 0 Å². The van der Waals surface area contributed by atoms with Gasteiger partial charge >= 0.3 is 12.0 Å². The first-order valence-corrected chi connectivity index (χ1v) is 7.97. The summed E-state index contributed by atoms with van der Waals surface area (Å²) in [6.07, 6.45) is 2.10. The predicted octanol–water partition coefficient (Wildman–Crippen LogP) is 2.40. The van der Waals surface area contributed by atoms with Crippen LogP contribution in [0.5, 0.6) is 0 Å². The number of carbonyl (C=O) groups excluding carboxylic acids is 3. The minimum atomic E-state index is -1.12. The maximum absolute atomic E-state index is 12.8. The predicted molar refractivity (Wildman–Crippen MR) is 88.9 cm³/mol. The van der Waals surface area contributed by atoms with E-state index in [0.717, 1.165) is 5.56 Å². The van der Waals surface area contributed by atoms with Crippen LogP contribution >= 0.6 is 0 Å². The van der Waals surface area contributed by atoms with Crippen LogP contribution in [0.3, 0.4) is 0 Å². The first-order valence-electron chi connectivity index (χ1n) is 7.97. The van der Waals surface area contributed by atoms with Crippen LogP contribution in [0.15, 0.2) is 43.0 Å². The first kappa shape index (κ1) is 17.7. The number of ether oxygens (including phenoxy) is 1. The fraction of sp³-hybridized carbons (Fsp3) is 0.389. The molecule has 0 aromatic heterocycles. The molecule has 0 bridgehead atoms. The van der Waals surface area contributed by atoms with E-state index in [4.69, 9.17) is 4.74 Å². The van der Waals surface area contributed by atoms with E-state index < -0.39 is 11.6 Å². The summed E-state index contributed by atoms with van der Waals surface area (Å²) in [5.74, 6) is -0.718. The Bertz CT molecular complexity index is 629. The highest BCUT2D eigenvalue weighted by Crippen LogP contribution is 2.28. The number of nitrogens with one attached hydrogen (secondary N) is 1. The molecule has 6 heteroatoms. The van der Waals surface area contributed by atoms with Crippen molar-refractivity contribution in [2.75, 3.05) is 6.61 Å². The first-order chi connectivity index (χ1) is 11.5. The van der Waals surface area contributed by atoms with Gasteiger partial charge in [-0.05, 0) is 25.3 Å².